The number of aliphatic imine (C=N–C) groups is 1. The van der Waals surface area contributed by atoms with Gasteiger partial charge in [-0.1, -0.05) is 6.07 Å². The summed E-state index contributed by atoms with van der Waals surface area (Å²) in [6, 6.07) is 12.8. The maximum Gasteiger partial charge on any atom is 0.165 e. The molecule has 2 aromatic heterocycles. The molecule has 0 aliphatic carbocycles. The summed E-state index contributed by atoms with van der Waals surface area (Å²) in [6.45, 7) is 0. The predicted molar refractivity (Wildman–Crippen MR) is 134 cm³/mol. The zero-order valence-corrected chi connectivity index (χ0v) is 20.5. The molecular weight excluding hydrogens is 450 g/mol. The van der Waals surface area contributed by atoms with E-state index >= 15 is 0 Å². The monoisotopic (exact) mass is 477 g/mol. The molecule has 0 unspecified atom stereocenters. The molecule has 0 atom stereocenters. The third-order valence-electron chi connectivity index (χ3n) is 5.53. The van der Waals surface area contributed by atoms with E-state index in [4.69, 9.17) is 38.4 Å². The van der Waals surface area contributed by atoms with E-state index in [-0.39, 0.29) is 0 Å². The topological polar surface area (TPSA) is 85.0 Å². The van der Waals surface area contributed by atoms with E-state index in [2.05, 4.69) is 0 Å². The highest BCUT2D eigenvalue weighted by Crippen LogP contribution is 2.45. The number of benzene rings is 2. The number of imidazole rings is 1. The van der Waals surface area contributed by atoms with Crippen molar-refractivity contribution in [1.82, 2.24) is 9.38 Å². The molecular formula is C26H27N3O6. The van der Waals surface area contributed by atoms with E-state index in [1.54, 1.807) is 73.1 Å². The van der Waals surface area contributed by atoms with Crippen LogP contribution in [0.4, 0.5) is 5.82 Å². The smallest absolute Gasteiger partial charge is 0.165 e. The average molecular weight is 478 g/mol. The quantitative estimate of drug-likeness (QED) is 0.320. The Kier molecular flexibility index (Phi) is 6.96. The Morgan fingerprint density at radius 2 is 1.26 bits per heavy atom. The first kappa shape index (κ1) is 23.7. The minimum absolute atomic E-state index is 0.542. The molecule has 9 heteroatoms. The van der Waals surface area contributed by atoms with E-state index in [0.29, 0.717) is 62.8 Å². The molecule has 35 heavy (non-hydrogen) atoms. The number of hydrogen-bond donors (Lipinski definition) is 0. The lowest BCUT2D eigenvalue weighted by Gasteiger charge is -2.14. The first-order valence-corrected chi connectivity index (χ1v) is 10.7. The molecule has 2 heterocycles. The molecule has 0 N–H and O–H groups in total. The summed E-state index contributed by atoms with van der Waals surface area (Å²) in [4.78, 5) is 9.69. The molecule has 2 aromatic carbocycles. The highest BCUT2D eigenvalue weighted by atomic mass is 16.5. The number of ether oxygens (including phenoxy) is 6. The van der Waals surface area contributed by atoms with Crippen LogP contribution in [-0.4, -0.2) is 58.3 Å². The van der Waals surface area contributed by atoms with Crippen LogP contribution in [0.25, 0.3) is 16.9 Å². The van der Waals surface area contributed by atoms with Crippen LogP contribution < -0.4 is 28.4 Å². The van der Waals surface area contributed by atoms with E-state index < -0.39 is 0 Å². The zero-order valence-electron chi connectivity index (χ0n) is 20.5. The molecule has 0 saturated heterocycles. The van der Waals surface area contributed by atoms with Gasteiger partial charge in [-0.3, -0.25) is 4.40 Å². The lowest BCUT2D eigenvalue weighted by molar-refractivity contribution is 0.374. The molecule has 0 aliphatic rings. The Morgan fingerprint density at radius 3 is 1.77 bits per heavy atom. The van der Waals surface area contributed by atoms with E-state index in [1.807, 2.05) is 28.8 Å². The minimum atomic E-state index is 0.542. The van der Waals surface area contributed by atoms with Crippen LogP contribution in [0.2, 0.25) is 0 Å². The molecule has 4 aromatic rings. The van der Waals surface area contributed by atoms with Gasteiger partial charge in [-0.05, 0) is 12.1 Å². The van der Waals surface area contributed by atoms with Gasteiger partial charge in [-0.25, -0.2) is 9.98 Å². The number of fused-ring (bicyclic) bond motifs is 1. The summed E-state index contributed by atoms with van der Waals surface area (Å²) in [5.41, 5.74) is 2.60. The number of aromatic nitrogens is 2. The SMILES string of the molecule is COc1cc(OC)c(/C=N/c2c(-c3c(OC)cc(OC)cc3OC)nc3ccccn23)c(OC)c1. The number of rotatable bonds is 9. The molecule has 4 rings (SSSR count). The summed E-state index contributed by atoms with van der Waals surface area (Å²) in [5, 5.41) is 0. The van der Waals surface area contributed by atoms with E-state index in [9.17, 15) is 0 Å². The average Bonchev–Trinajstić information content (AvgIpc) is 3.28. The maximum atomic E-state index is 5.68. The van der Waals surface area contributed by atoms with Crippen molar-refractivity contribution in [3.8, 4) is 45.8 Å². The van der Waals surface area contributed by atoms with Crippen LogP contribution >= 0.6 is 0 Å². The number of pyridine rings is 1. The van der Waals surface area contributed by atoms with Crippen molar-refractivity contribution in [2.75, 3.05) is 42.7 Å². The third-order valence-corrected chi connectivity index (χ3v) is 5.53. The second kappa shape index (κ2) is 10.3. The number of hydrogen-bond acceptors (Lipinski definition) is 8. The lowest BCUT2D eigenvalue weighted by atomic mass is 10.1. The maximum absolute atomic E-state index is 5.68. The normalized spacial score (nSPS) is 11.0. The minimum Gasteiger partial charge on any atom is -0.496 e. The van der Waals surface area contributed by atoms with Gasteiger partial charge in [0.05, 0.1) is 53.8 Å². The van der Waals surface area contributed by atoms with E-state index in [0.717, 1.165) is 0 Å². The standard InChI is InChI=1S/C26H27N3O6/c1-30-16-11-19(32-3)18(20(12-16)33-4)15-27-26-25(28-23-9-7-8-10-29(23)26)24-21(34-5)13-17(31-2)14-22(24)35-6/h7-15H,1-6H3/b27-15+. The summed E-state index contributed by atoms with van der Waals surface area (Å²) >= 11 is 0. The van der Waals surface area contributed by atoms with Gasteiger partial charge in [-0.15, -0.1) is 0 Å². The van der Waals surface area contributed by atoms with Crippen LogP contribution in [-0.2, 0) is 0 Å². The molecule has 0 saturated carbocycles. The first-order chi connectivity index (χ1) is 17.1. The summed E-state index contributed by atoms with van der Waals surface area (Å²) in [7, 11) is 9.51. The highest BCUT2D eigenvalue weighted by Gasteiger charge is 2.23. The Bertz CT molecular complexity index is 1330. The fraction of sp³-hybridized carbons (Fsp3) is 0.231. The summed E-state index contributed by atoms with van der Waals surface area (Å²) < 4.78 is 35.2. The number of methoxy groups -OCH3 is 6. The van der Waals surface area contributed by atoms with Gasteiger partial charge in [0.2, 0.25) is 0 Å². The molecule has 0 fully saturated rings. The van der Waals surface area contributed by atoms with E-state index in [1.165, 1.54) is 0 Å². The predicted octanol–water partition coefficient (Wildman–Crippen LogP) is 4.80. The first-order valence-electron chi connectivity index (χ1n) is 10.7. The Labute approximate surface area is 203 Å². The van der Waals surface area contributed by atoms with Gasteiger partial charge in [-0.2, -0.15) is 0 Å². The molecule has 0 aliphatic heterocycles. The van der Waals surface area contributed by atoms with Crippen molar-refractivity contribution in [3.63, 3.8) is 0 Å². The third kappa shape index (κ3) is 4.40. The van der Waals surface area contributed by atoms with Crippen LogP contribution in [0, 0.1) is 0 Å². The lowest BCUT2D eigenvalue weighted by Crippen LogP contribution is -1.98. The summed E-state index contributed by atoms with van der Waals surface area (Å²) in [6.07, 6.45) is 3.57. The molecule has 182 valence electrons. The largest absolute Gasteiger partial charge is 0.496 e. The van der Waals surface area contributed by atoms with Crippen molar-refractivity contribution < 1.29 is 28.4 Å². The van der Waals surface area contributed by atoms with Gasteiger partial charge < -0.3 is 28.4 Å². The zero-order chi connectivity index (χ0) is 24.9. The van der Waals surface area contributed by atoms with Crippen molar-refractivity contribution in [1.29, 1.82) is 0 Å². The fourth-order valence-electron chi connectivity index (χ4n) is 3.80. The fourth-order valence-corrected chi connectivity index (χ4v) is 3.80. The highest BCUT2D eigenvalue weighted by molar-refractivity contribution is 5.92. The Hall–Kier alpha value is -4.40. The van der Waals surface area contributed by atoms with Crippen molar-refractivity contribution in [2.24, 2.45) is 4.99 Å². The van der Waals surface area contributed by atoms with Crippen molar-refractivity contribution >= 4 is 17.7 Å². The molecule has 0 spiro atoms. The van der Waals surface area contributed by atoms with Crippen LogP contribution in [0.1, 0.15) is 5.56 Å². The molecule has 0 radical (unpaired) electrons. The number of nitrogens with zero attached hydrogens (tertiary/aromatic N) is 3. The summed E-state index contributed by atoms with van der Waals surface area (Å²) in [5.74, 6) is 3.98. The van der Waals surface area contributed by atoms with Gasteiger partial charge >= 0.3 is 0 Å². The second-order valence-electron chi connectivity index (χ2n) is 7.32. The molecule has 0 bridgehead atoms. The van der Waals surface area contributed by atoms with Crippen molar-refractivity contribution in [3.05, 3.63) is 54.2 Å². The molecule has 9 nitrogen and oxygen atoms in total. The van der Waals surface area contributed by atoms with Gasteiger partial charge in [0.25, 0.3) is 0 Å². The van der Waals surface area contributed by atoms with Gasteiger partial charge in [0.15, 0.2) is 5.82 Å². The Balaban J connectivity index is 1.97. The Morgan fingerprint density at radius 1 is 0.714 bits per heavy atom. The second-order valence-corrected chi connectivity index (χ2v) is 7.32. The van der Waals surface area contributed by atoms with Crippen LogP contribution in [0.5, 0.6) is 34.5 Å². The van der Waals surface area contributed by atoms with Crippen LogP contribution in [0.15, 0.2) is 53.7 Å². The molecule has 0 amide bonds. The van der Waals surface area contributed by atoms with Gasteiger partial charge in [0.1, 0.15) is 45.8 Å². The van der Waals surface area contributed by atoms with Crippen LogP contribution in [0.3, 0.4) is 0 Å². The van der Waals surface area contributed by atoms with Gasteiger partial charge in [0, 0.05) is 36.7 Å². The van der Waals surface area contributed by atoms with Crippen molar-refractivity contribution in [2.45, 2.75) is 0 Å².